The fraction of sp³-hybridized carbons (Fsp3) is 0.188. The second-order valence-electron chi connectivity index (χ2n) is 4.72. The van der Waals surface area contributed by atoms with Gasteiger partial charge < -0.3 is 10.2 Å². The third-order valence-corrected chi connectivity index (χ3v) is 3.16. The molecule has 0 bridgehead atoms. The van der Waals surface area contributed by atoms with Gasteiger partial charge in [0.15, 0.2) is 0 Å². The van der Waals surface area contributed by atoms with E-state index >= 15 is 0 Å². The molecule has 2 aromatic rings. The number of hydrogen-bond acceptors (Lipinski definition) is 2. The highest BCUT2D eigenvalue weighted by Crippen LogP contribution is 2.25. The fourth-order valence-corrected chi connectivity index (χ4v) is 2.20. The van der Waals surface area contributed by atoms with Crippen molar-refractivity contribution in [2.24, 2.45) is 0 Å². The first-order chi connectivity index (χ1) is 9.54. The van der Waals surface area contributed by atoms with Gasteiger partial charge in [-0.05, 0) is 47.7 Å². The van der Waals surface area contributed by atoms with Crippen LogP contribution in [-0.2, 0) is 11.2 Å². The molecule has 0 saturated carbocycles. The zero-order valence-corrected chi connectivity index (χ0v) is 10.8. The predicted molar refractivity (Wildman–Crippen MR) is 73.2 cm³/mol. The standard InChI is InChI=1S/C16H15FO3/c17-14-3-1-2-12(9-14)13(10-16(19)20)8-11-4-6-15(18)7-5-11/h1-7,9,13,18H,8,10H2,(H,19,20). The summed E-state index contributed by atoms with van der Waals surface area (Å²) in [4.78, 5) is 11.0. The topological polar surface area (TPSA) is 57.5 Å². The second-order valence-corrected chi connectivity index (χ2v) is 4.72. The van der Waals surface area contributed by atoms with Crippen LogP contribution in [-0.4, -0.2) is 16.2 Å². The number of halogens is 1. The lowest BCUT2D eigenvalue weighted by Gasteiger charge is -2.15. The van der Waals surface area contributed by atoms with Crippen LogP contribution in [0.25, 0.3) is 0 Å². The van der Waals surface area contributed by atoms with Crippen molar-refractivity contribution in [1.29, 1.82) is 0 Å². The van der Waals surface area contributed by atoms with Crippen molar-refractivity contribution < 1.29 is 19.4 Å². The normalized spacial score (nSPS) is 12.1. The molecule has 0 spiro atoms. The average molecular weight is 274 g/mol. The average Bonchev–Trinajstić information content (AvgIpc) is 2.40. The Balaban J connectivity index is 2.23. The molecule has 20 heavy (non-hydrogen) atoms. The van der Waals surface area contributed by atoms with Crippen LogP contribution < -0.4 is 0 Å². The Kier molecular flexibility index (Phi) is 4.35. The SMILES string of the molecule is O=C(O)CC(Cc1ccc(O)cc1)c1cccc(F)c1. The van der Waals surface area contributed by atoms with Crippen LogP contribution in [0.4, 0.5) is 4.39 Å². The monoisotopic (exact) mass is 274 g/mol. The van der Waals surface area contributed by atoms with Gasteiger partial charge in [0.2, 0.25) is 0 Å². The van der Waals surface area contributed by atoms with Crippen LogP contribution in [0.5, 0.6) is 5.75 Å². The molecular formula is C16H15FO3. The smallest absolute Gasteiger partial charge is 0.303 e. The van der Waals surface area contributed by atoms with Gasteiger partial charge in [-0.25, -0.2) is 4.39 Å². The molecule has 0 aliphatic carbocycles. The first-order valence-corrected chi connectivity index (χ1v) is 6.30. The molecule has 0 saturated heterocycles. The summed E-state index contributed by atoms with van der Waals surface area (Å²) in [5.41, 5.74) is 1.57. The summed E-state index contributed by atoms with van der Waals surface area (Å²) >= 11 is 0. The zero-order chi connectivity index (χ0) is 14.5. The number of phenols is 1. The van der Waals surface area contributed by atoms with E-state index in [0.29, 0.717) is 12.0 Å². The molecule has 0 heterocycles. The summed E-state index contributed by atoms with van der Waals surface area (Å²) in [6.45, 7) is 0. The van der Waals surface area contributed by atoms with E-state index in [1.807, 2.05) is 0 Å². The van der Waals surface area contributed by atoms with Gasteiger partial charge in [0.05, 0.1) is 6.42 Å². The molecule has 2 aromatic carbocycles. The molecule has 2 N–H and O–H groups in total. The minimum absolute atomic E-state index is 0.0651. The third-order valence-electron chi connectivity index (χ3n) is 3.16. The maximum absolute atomic E-state index is 13.3. The van der Waals surface area contributed by atoms with Gasteiger partial charge in [0.25, 0.3) is 0 Å². The van der Waals surface area contributed by atoms with Crippen molar-refractivity contribution in [3.8, 4) is 5.75 Å². The molecule has 0 fully saturated rings. The van der Waals surface area contributed by atoms with Crippen molar-refractivity contribution in [2.45, 2.75) is 18.8 Å². The zero-order valence-electron chi connectivity index (χ0n) is 10.8. The van der Waals surface area contributed by atoms with Gasteiger partial charge in [-0.3, -0.25) is 4.79 Å². The summed E-state index contributed by atoms with van der Waals surface area (Å²) in [6, 6.07) is 12.6. The van der Waals surface area contributed by atoms with Crippen LogP contribution in [0.2, 0.25) is 0 Å². The molecule has 0 aliphatic rings. The predicted octanol–water partition coefficient (Wildman–Crippen LogP) is 3.33. The van der Waals surface area contributed by atoms with Gasteiger partial charge >= 0.3 is 5.97 Å². The first kappa shape index (κ1) is 14.1. The number of carboxylic acids is 1. The number of carboxylic acid groups (broad SMARTS) is 1. The Morgan fingerprint density at radius 2 is 1.85 bits per heavy atom. The largest absolute Gasteiger partial charge is 0.508 e. The quantitative estimate of drug-likeness (QED) is 0.879. The summed E-state index contributed by atoms with van der Waals surface area (Å²) in [6.07, 6.45) is 0.417. The minimum atomic E-state index is -0.918. The summed E-state index contributed by atoms with van der Waals surface area (Å²) in [5, 5.41) is 18.2. The molecule has 0 radical (unpaired) electrons. The van der Waals surface area contributed by atoms with E-state index in [-0.39, 0.29) is 23.9 Å². The third kappa shape index (κ3) is 3.82. The number of phenolic OH excluding ortho intramolecular Hbond substituents is 1. The van der Waals surface area contributed by atoms with E-state index in [4.69, 9.17) is 5.11 Å². The molecular weight excluding hydrogens is 259 g/mol. The number of aromatic hydroxyl groups is 1. The van der Waals surface area contributed by atoms with Crippen molar-refractivity contribution in [3.63, 3.8) is 0 Å². The number of rotatable bonds is 5. The maximum atomic E-state index is 13.3. The second kappa shape index (κ2) is 6.19. The fourth-order valence-electron chi connectivity index (χ4n) is 2.20. The maximum Gasteiger partial charge on any atom is 0.303 e. The van der Waals surface area contributed by atoms with E-state index in [0.717, 1.165) is 5.56 Å². The van der Waals surface area contributed by atoms with Gasteiger partial charge in [0.1, 0.15) is 11.6 Å². The molecule has 2 rings (SSSR count). The Morgan fingerprint density at radius 1 is 1.15 bits per heavy atom. The Morgan fingerprint density at radius 3 is 2.45 bits per heavy atom. The van der Waals surface area contributed by atoms with Crippen molar-refractivity contribution in [1.82, 2.24) is 0 Å². The number of benzene rings is 2. The highest BCUT2D eigenvalue weighted by Gasteiger charge is 2.17. The van der Waals surface area contributed by atoms with E-state index in [2.05, 4.69) is 0 Å². The van der Waals surface area contributed by atoms with E-state index in [1.165, 1.54) is 12.1 Å². The number of carbonyl (C=O) groups is 1. The van der Waals surface area contributed by atoms with E-state index in [1.54, 1.807) is 36.4 Å². The number of aliphatic carboxylic acids is 1. The molecule has 1 unspecified atom stereocenters. The van der Waals surface area contributed by atoms with Crippen LogP contribution in [0.3, 0.4) is 0 Å². The van der Waals surface area contributed by atoms with Gasteiger partial charge in [-0.1, -0.05) is 24.3 Å². The number of hydrogen-bond donors (Lipinski definition) is 2. The van der Waals surface area contributed by atoms with Crippen molar-refractivity contribution in [3.05, 3.63) is 65.5 Å². The van der Waals surface area contributed by atoms with Gasteiger partial charge in [0, 0.05) is 0 Å². The molecule has 1 atom stereocenters. The lowest BCUT2D eigenvalue weighted by atomic mass is 9.89. The highest BCUT2D eigenvalue weighted by atomic mass is 19.1. The van der Waals surface area contributed by atoms with Crippen molar-refractivity contribution in [2.75, 3.05) is 0 Å². The van der Waals surface area contributed by atoms with Crippen LogP contribution in [0.15, 0.2) is 48.5 Å². The molecule has 0 amide bonds. The van der Waals surface area contributed by atoms with Crippen molar-refractivity contribution >= 4 is 5.97 Å². The van der Waals surface area contributed by atoms with Gasteiger partial charge in [-0.2, -0.15) is 0 Å². The Labute approximate surface area is 116 Å². The van der Waals surface area contributed by atoms with Crippen LogP contribution in [0.1, 0.15) is 23.5 Å². The van der Waals surface area contributed by atoms with Crippen LogP contribution >= 0.6 is 0 Å². The lowest BCUT2D eigenvalue weighted by Crippen LogP contribution is -2.09. The minimum Gasteiger partial charge on any atom is -0.508 e. The summed E-state index contributed by atoms with van der Waals surface area (Å²) in [7, 11) is 0. The van der Waals surface area contributed by atoms with Gasteiger partial charge in [-0.15, -0.1) is 0 Å². The highest BCUT2D eigenvalue weighted by molar-refractivity contribution is 5.68. The Bertz CT molecular complexity index is 593. The van der Waals surface area contributed by atoms with Crippen LogP contribution in [0, 0.1) is 5.82 Å². The summed E-state index contributed by atoms with van der Waals surface area (Å²) in [5.74, 6) is -1.43. The first-order valence-electron chi connectivity index (χ1n) is 6.30. The Hall–Kier alpha value is -2.36. The molecule has 104 valence electrons. The summed E-state index contributed by atoms with van der Waals surface area (Å²) < 4.78 is 13.3. The molecule has 4 heteroatoms. The molecule has 0 aromatic heterocycles. The lowest BCUT2D eigenvalue weighted by molar-refractivity contribution is -0.137. The molecule has 3 nitrogen and oxygen atoms in total. The van der Waals surface area contributed by atoms with E-state index < -0.39 is 5.97 Å². The molecule has 0 aliphatic heterocycles. The van der Waals surface area contributed by atoms with E-state index in [9.17, 15) is 14.3 Å².